The fourth-order valence-electron chi connectivity index (χ4n) is 3.71. The molecule has 0 saturated carbocycles. The summed E-state index contributed by atoms with van der Waals surface area (Å²) < 4.78 is 62.6. The number of rotatable bonds is 5. The van der Waals surface area contributed by atoms with Gasteiger partial charge in [0.1, 0.15) is 16.9 Å². The van der Waals surface area contributed by atoms with Crippen LogP contribution in [-0.2, 0) is 6.18 Å². The highest BCUT2D eigenvalue weighted by atomic mass is 19.4. The molecule has 3 heterocycles. The maximum atomic E-state index is 15.0. The molecule has 0 radical (unpaired) electrons. The number of methoxy groups -OCH3 is 1. The molecule has 1 N–H and O–H groups in total. The average molecular weight is 508 g/mol. The van der Waals surface area contributed by atoms with E-state index in [9.17, 15) is 22.4 Å². The smallest absolute Gasteiger partial charge is 0.417 e. The normalized spacial score (nSPS) is 11.5. The summed E-state index contributed by atoms with van der Waals surface area (Å²) in [6, 6.07) is 14.4. The van der Waals surface area contributed by atoms with Crippen molar-refractivity contribution in [1.82, 2.24) is 24.7 Å². The first kappa shape index (κ1) is 23.9. The van der Waals surface area contributed by atoms with Crippen LogP contribution in [0.1, 0.15) is 15.9 Å². The Morgan fingerprint density at radius 1 is 1.00 bits per heavy atom. The molecular formula is C25H16F4N6O2. The highest BCUT2D eigenvalue weighted by Crippen LogP contribution is 2.38. The van der Waals surface area contributed by atoms with Gasteiger partial charge in [0, 0.05) is 24.0 Å². The third-order valence-corrected chi connectivity index (χ3v) is 5.40. The lowest BCUT2D eigenvalue weighted by Gasteiger charge is -2.15. The van der Waals surface area contributed by atoms with E-state index >= 15 is 0 Å². The molecule has 0 aliphatic carbocycles. The number of alkyl halides is 3. The van der Waals surface area contributed by atoms with Crippen LogP contribution >= 0.6 is 0 Å². The minimum atomic E-state index is -4.91. The fourth-order valence-corrected chi connectivity index (χ4v) is 3.71. The Morgan fingerprint density at radius 2 is 1.73 bits per heavy atom. The van der Waals surface area contributed by atoms with Gasteiger partial charge in [0.2, 0.25) is 5.88 Å². The lowest BCUT2D eigenvalue weighted by molar-refractivity contribution is -0.137. The molecule has 1 amide bonds. The molecule has 0 saturated heterocycles. The number of carbonyl (C=O) groups is 1. The predicted octanol–water partition coefficient (Wildman–Crippen LogP) is 5.30. The second-order valence-corrected chi connectivity index (χ2v) is 7.72. The molecule has 12 heteroatoms. The lowest BCUT2D eigenvalue weighted by atomic mass is 10.0. The van der Waals surface area contributed by atoms with E-state index in [2.05, 4.69) is 25.4 Å². The number of para-hydroxylation sites is 1. The third-order valence-electron chi connectivity index (χ3n) is 5.40. The molecule has 186 valence electrons. The van der Waals surface area contributed by atoms with Crippen LogP contribution in [0.5, 0.6) is 5.88 Å². The van der Waals surface area contributed by atoms with Crippen molar-refractivity contribution in [1.29, 1.82) is 0 Å². The summed E-state index contributed by atoms with van der Waals surface area (Å²) in [6.07, 6.45) is -2.42. The van der Waals surface area contributed by atoms with Gasteiger partial charge in [-0.25, -0.2) is 24.0 Å². The summed E-state index contributed by atoms with van der Waals surface area (Å²) in [5, 5.41) is 7.02. The van der Waals surface area contributed by atoms with E-state index in [-0.39, 0.29) is 29.1 Å². The summed E-state index contributed by atoms with van der Waals surface area (Å²) in [5.41, 5.74) is -1.31. The first-order chi connectivity index (χ1) is 17.8. The minimum absolute atomic E-state index is 0.0712. The largest absolute Gasteiger partial charge is 0.481 e. The van der Waals surface area contributed by atoms with Crippen LogP contribution in [0.15, 0.2) is 73.1 Å². The number of ether oxygens (including phenoxy) is 1. The van der Waals surface area contributed by atoms with Crippen molar-refractivity contribution in [3.8, 4) is 23.0 Å². The number of carbonyl (C=O) groups excluding carboxylic acids is 1. The van der Waals surface area contributed by atoms with Crippen molar-refractivity contribution < 1.29 is 27.1 Å². The monoisotopic (exact) mass is 508 g/mol. The van der Waals surface area contributed by atoms with Crippen molar-refractivity contribution in [2.24, 2.45) is 0 Å². The number of nitrogens with one attached hydrogen (secondary N) is 1. The molecule has 5 rings (SSSR count). The molecule has 37 heavy (non-hydrogen) atoms. The van der Waals surface area contributed by atoms with Crippen LogP contribution in [-0.4, -0.2) is 37.7 Å². The van der Waals surface area contributed by atoms with Gasteiger partial charge in [0.25, 0.3) is 5.91 Å². The number of nitrogens with zero attached hydrogens (tertiary/aromatic N) is 5. The van der Waals surface area contributed by atoms with Gasteiger partial charge in [-0.05, 0) is 36.4 Å². The van der Waals surface area contributed by atoms with Crippen LogP contribution < -0.4 is 10.1 Å². The third kappa shape index (κ3) is 4.56. The number of benzene rings is 2. The van der Waals surface area contributed by atoms with Gasteiger partial charge in [-0.15, -0.1) is 0 Å². The standard InChI is InChI=1S/C25H16F4N6O2/c1-37-20-9-8-19-21(32-20)23(35(34-19)14-6-3-2-4-7-14)33-24(36)16-12-15(22-30-10-5-11-31-22)17(13-18(16)26)25(27,28)29/h2-13H,1H3,(H,33,36). The maximum absolute atomic E-state index is 15.0. The summed E-state index contributed by atoms with van der Waals surface area (Å²) in [7, 11) is 1.42. The van der Waals surface area contributed by atoms with Gasteiger partial charge in [0.05, 0.1) is 23.9 Å². The molecule has 3 aromatic heterocycles. The molecule has 0 aliphatic heterocycles. The number of aromatic nitrogens is 5. The molecule has 2 aromatic carbocycles. The quantitative estimate of drug-likeness (QED) is 0.324. The first-order valence-corrected chi connectivity index (χ1v) is 10.7. The highest BCUT2D eigenvalue weighted by Gasteiger charge is 2.36. The Morgan fingerprint density at radius 3 is 2.41 bits per heavy atom. The maximum Gasteiger partial charge on any atom is 0.417 e. The van der Waals surface area contributed by atoms with Crippen LogP contribution in [0.25, 0.3) is 28.1 Å². The number of hydrogen-bond donors (Lipinski definition) is 1. The molecule has 0 fully saturated rings. The number of halogens is 4. The molecule has 0 bridgehead atoms. The SMILES string of the molecule is COc1ccc2nn(-c3ccccc3)c(NC(=O)c3cc(-c4ncccn4)c(C(F)(F)F)cc3F)c2n1. The number of fused-ring (bicyclic) bond motifs is 1. The number of pyridine rings is 1. The Kier molecular flexibility index (Phi) is 5.99. The van der Waals surface area contributed by atoms with Crippen LogP contribution in [0, 0.1) is 5.82 Å². The average Bonchev–Trinajstić information content (AvgIpc) is 3.26. The summed E-state index contributed by atoms with van der Waals surface area (Å²) >= 11 is 0. The Hall–Kier alpha value is -4.87. The summed E-state index contributed by atoms with van der Waals surface area (Å²) in [4.78, 5) is 25.3. The Bertz CT molecular complexity index is 1610. The number of hydrogen-bond acceptors (Lipinski definition) is 6. The Balaban J connectivity index is 1.64. The van der Waals surface area contributed by atoms with E-state index in [4.69, 9.17) is 4.74 Å². The second kappa shape index (κ2) is 9.30. The van der Waals surface area contributed by atoms with Gasteiger partial charge in [-0.1, -0.05) is 18.2 Å². The van der Waals surface area contributed by atoms with Gasteiger partial charge >= 0.3 is 6.18 Å². The van der Waals surface area contributed by atoms with E-state index < -0.39 is 34.6 Å². The van der Waals surface area contributed by atoms with Crippen molar-refractivity contribution >= 4 is 22.8 Å². The zero-order valence-electron chi connectivity index (χ0n) is 19.0. The molecule has 0 unspecified atom stereocenters. The zero-order chi connectivity index (χ0) is 26.2. The van der Waals surface area contributed by atoms with E-state index in [1.807, 2.05) is 0 Å². The fraction of sp³-hybridized carbons (Fsp3) is 0.0800. The van der Waals surface area contributed by atoms with E-state index in [0.717, 1.165) is 6.07 Å². The molecule has 0 aliphatic rings. The van der Waals surface area contributed by atoms with Crippen LogP contribution in [0.3, 0.4) is 0 Å². The van der Waals surface area contributed by atoms with E-state index in [1.54, 1.807) is 42.5 Å². The van der Waals surface area contributed by atoms with Crippen molar-refractivity contribution in [2.45, 2.75) is 6.18 Å². The highest BCUT2D eigenvalue weighted by molar-refractivity contribution is 6.08. The Labute approximate surface area is 206 Å². The van der Waals surface area contributed by atoms with Gasteiger partial charge in [0.15, 0.2) is 11.6 Å². The zero-order valence-corrected chi connectivity index (χ0v) is 19.0. The number of amides is 1. The lowest BCUT2D eigenvalue weighted by Crippen LogP contribution is -2.19. The summed E-state index contributed by atoms with van der Waals surface area (Å²) in [6.45, 7) is 0. The summed E-state index contributed by atoms with van der Waals surface area (Å²) in [5.74, 6) is -2.39. The van der Waals surface area contributed by atoms with E-state index in [0.29, 0.717) is 11.2 Å². The molecule has 8 nitrogen and oxygen atoms in total. The first-order valence-electron chi connectivity index (χ1n) is 10.7. The van der Waals surface area contributed by atoms with Crippen molar-refractivity contribution in [3.63, 3.8) is 0 Å². The van der Waals surface area contributed by atoms with Crippen molar-refractivity contribution in [2.75, 3.05) is 12.4 Å². The molecule has 5 aromatic rings. The molecule has 0 atom stereocenters. The van der Waals surface area contributed by atoms with Gasteiger partial charge < -0.3 is 10.1 Å². The number of anilines is 1. The van der Waals surface area contributed by atoms with Crippen molar-refractivity contribution in [3.05, 3.63) is 90.0 Å². The molecule has 0 spiro atoms. The van der Waals surface area contributed by atoms with E-state index in [1.165, 1.54) is 30.3 Å². The van der Waals surface area contributed by atoms with Gasteiger partial charge in [-0.3, -0.25) is 4.79 Å². The van der Waals surface area contributed by atoms with Crippen LogP contribution in [0.2, 0.25) is 0 Å². The molecular weight excluding hydrogens is 492 g/mol. The second-order valence-electron chi connectivity index (χ2n) is 7.72. The topological polar surface area (TPSA) is 94.8 Å². The minimum Gasteiger partial charge on any atom is -0.481 e. The van der Waals surface area contributed by atoms with Gasteiger partial charge in [-0.2, -0.15) is 18.3 Å². The van der Waals surface area contributed by atoms with Crippen LogP contribution in [0.4, 0.5) is 23.4 Å². The predicted molar refractivity (Wildman–Crippen MR) is 126 cm³/mol.